The van der Waals surface area contributed by atoms with Crippen LogP contribution in [0.5, 0.6) is 5.75 Å². The second-order valence-corrected chi connectivity index (χ2v) is 5.43. The highest BCUT2D eigenvalue weighted by Gasteiger charge is 2.27. The van der Waals surface area contributed by atoms with Gasteiger partial charge < -0.3 is 15.0 Å². The Balaban J connectivity index is 2.03. The molecule has 1 N–H and O–H groups in total. The SMILES string of the molecule is CC(=O)c1cccc(OC(C)C(=O)N2CCNC[C@@H]2C)c1. The number of rotatable bonds is 4. The molecular weight excluding hydrogens is 268 g/mol. The molecule has 5 heteroatoms. The van der Waals surface area contributed by atoms with Crippen LogP contribution >= 0.6 is 0 Å². The number of ketones is 1. The van der Waals surface area contributed by atoms with E-state index in [1.807, 2.05) is 11.8 Å². The van der Waals surface area contributed by atoms with Crippen molar-refractivity contribution in [3.8, 4) is 5.75 Å². The maximum absolute atomic E-state index is 12.4. The summed E-state index contributed by atoms with van der Waals surface area (Å²) in [7, 11) is 0. The average molecular weight is 290 g/mol. The van der Waals surface area contributed by atoms with E-state index in [1.165, 1.54) is 6.92 Å². The molecule has 0 aromatic heterocycles. The van der Waals surface area contributed by atoms with Gasteiger partial charge in [0.15, 0.2) is 11.9 Å². The van der Waals surface area contributed by atoms with Crippen molar-refractivity contribution in [2.45, 2.75) is 32.9 Å². The fourth-order valence-corrected chi connectivity index (χ4v) is 2.44. The van der Waals surface area contributed by atoms with E-state index in [-0.39, 0.29) is 17.7 Å². The van der Waals surface area contributed by atoms with Crippen LogP contribution in [0.2, 0.25) is 0 Å². The first-order valence-electron chi connectivity index (χ1n) is 7.28. The highest BCUT2D eigenvalue weighted by molar-refractivity contribution is 5.94. The first-order valence-corrected chi connectivity index (χ1v) is 7.28. The van der Waals surface area contributed by atoms with Gasteiger partial charge in [-0.25, -0.2) is 0 Å². The molecule has 114 valence electrons. The number of carbonyl (C=O) groups is 2. The molecule has 1 saturated heterocycles. The van der Waals surface area contributed by atoms with Gasteiger partial charge in [0.25, 0.3) is 5.91 Å². The number of Topliss-reactive ketones (excluding diaryl/α,β-unsaturated/α-hetero) is 1. The number of piperazine rings is 1. The standard InChI is InChI=1S/C16H22N2O3/c1-11-10-17-7-8-18(11)16(20)13(3)21-15-6-4-5-14(9-15)12(2)19/h4-6,9,11,13,17H,7-8,10H2,1-3H3/t11-,13?/m0/s1. The molecule has 1 amide bonds. The van der Waals surface area contributed by atoms with Crippen molar-refractivity contribution in [2.75, 3.05) is 19.6 Å². The summed E-state index contributed by atoms with van der Waals surface area (Å²) in [6.07, 6.45) is -0.562. The van der Waals surface area contributed by atoms with Crippen LogP contribution in [0.4, 0.5) is 0 Å². The van der Waals surface area contributed by atoms with Gasteiger partial charge in [0, 0.05) is 31.2 Å². The lowest BCUT2D eigenvalue weighted by molar-refractivity contribution is -0.140. The summed E-state index contributed by atoms with van der Waals surface area (Å²) in [5, 5.41) is 3.26. The minimum Gasteiger partial charge on any atom is -0.481 e. The van der Waals surface area contributed by atoms with Crippen LogP contribution in [-0.4, -0.2) is 48.4 Å². The molecular formula is C16H22N2O3. The molecule has 1 aromatic carbocycles. The van der Waals surface area contributed by atoms with Crippen molar-refractivity contribution < 1.29 is 14.3 Å². The number of carbonyl (C=O) groups excluding carboxylic acids is 2. The summed E-state index contributed by atoms with van der Waals surface area (Å²) in [5.74, 6) is 0.513. The summed E-state index contributed by atoms with van der Waals surface area (Å²) in [6, 6.07) is 7.10. The van der Waals surface area contributed by atoms with Crippen molar-refractivity contribution in [1.82, 2.24) is 10.2 Å². The summed E-state index contributed by atoms with van der Waals surface area (Å²) in [6.45, 7) is 7.59. The van der Waals surface area contributed by atoms with Crippen LogP contribution < -0.4 is 10.1 Å². The molecule has 2 atom stereocenters. The Kier molecular flexibility index (Phi) is 4.96. The number of hydrogen-bond acceptors (Lipinski definition) is 4. The van der Waals surface area contributed by atoms with Gasteiger partial charge in [-0.3, -0.25) is 9.59 Å². The predicted molar refractivity (Wildman–Crippen MR) is 80.6 cm³/mol. The third-order valence-corrected chi connectivity index (χ3v) is 3.69. The molecule has 1 heterocycles. The lowest BCUT2D eigenvalue weighted by atomic mass is 10.1. The fourth-order valence-electron chi connectivity index (χ4n) is 2.44. The predicted octanol–water partition coefficient (Wildman–Crippen LogP) is 1.48. The maximum Gasteiger partial charge on any atom is 0.263 e. The van der Waals surface area contributed by atoms with Crippen molar-refractivity contribution >= 4 is 11.7 Å². The van der Waals surface area contributed by atoms with Crippen molar-refractivity contribution in [3.63, 3.8) is 0 Å². The molecule has 2 rings (SSSR count). The topological polar surface area (TPSA) is 58.6 Å². The zero-order chi connectivity index (χ0) is 15.4. The molecule has 1 aromatic rings. The average Bonchev–Trinajstić information content (AvgIpc) is 2.47. The number of nitrogens with zero attached hydrogens (tertiary/aromatic N) is 1. The Labute approximate surface area is 125 Å². The van der Waals surface area contributed by atoms with Crippen LogP contribution in [-0.2, 0) is 4.79 Å². The van der Waals surface area contributed by atoms with Crippen LogP contribution in [0.1, 0.15) is 31.1 Å². The van der Waals surface area contributed by atoms with E-state index in [2.05, 4.69) is 5.32 Å². The number of ether oxygens (including phenoxy) is 1. The van der Waals surface area contributed by atoms with E-state index >= 15 is 0 Å². The quantitative estimate of drug-likeness (QED) is 0.853. The van der Waals surface area contributed by atoms with E-state index in [0.29, 0.717) is 17.9 Å². The molecule has 0 bridgehead atoms. The molecule has 5 nitrogen and oxygen atoms in total. The van der Waals surface area contributed by atoms with Gasteiger partial charge in [-0.15, -0.1) is 0 Å². The van der Waals surface area contributed by atoms with Crippen LogP contribution in [0, 0.1) is 0 Å². The molecule has 21 heavy (non-hydrogen) atoms. The summed E-state index contributed by atoms with van der Waals surface area (Å²) in [5.41, 5.74) is 0.586. The molecule has 1 fully saturated rings. The molecule has 1 aliphatic heterocycles. The first kappa shape index (κ1) is 15.5. The van der Waals surface area contributed by atoms with Gasteiger partial charge in [-0.1, -0.05) is 12.1 Å². The third-order valence-electron chi connectivity index (χ3n) is 3.69. The Hall–Kier alpha value is -1.88. The van der Waals surface area contributed by atoms with E-state index < -0.39 is 6.10 Å². The van der Waals surface area contributed by atoms with Gasteiger partial charge in [-0.2, -0.15) is 0 Å². The number of benzene rings is 1. The maximum atomic E-state index is 12.4. The van der Waals surface area contributed by atoms with Gasteiger partial charge in [0.05, 0.1) is 0 Å². The van der Waals surface area contributed by atoms with E-state index in [9.17, 15) is 9.59 Å². The minimum atomic E-state index is -0.562. The molecule has 0 aliphatic carbocycles. The zero-order valence-corrected chi connectivity index (χ0v) is 12.8. The van der Waals surface area contributed by atoms with Crippen LogP contribution in [0.25, 0.3) is 0 Å². The minimum absolute atomic E-state index is 0.0165. The highest BCUT2D eigenvalue weighted by atomic mass is 16.5. The number of amides is 1. The van der Waals surface area contributed by atoms with Crippen LogP contribution in [0.3, 0.4) is 0 Å². The smallest absolute Gasteiger partial charge is 0.263 e. The molecule has 0 radical (unpaired) electrons. The summed E-state index contributed by atoms with van der Waals surface area (Å²) < 4.78 is 5.70. The number of nitrogens with one attached hydrogen (secondary N) is 1. The second-order valence-electron chi connectivity index (χ2n) is 5.43. The van der Waals surface area contributed by atoms with Gasteiger partial charge in [0.1, 0.15) is 5.75 Å². The molecule has 0 spiro atoms. The van der Waals surface area contributed by atoms with Gasteiger partial charge >= 0.3 is 0 Å². The van der Waals surface area contributed by atoms with Gasteiger partial charge in [-0.05, 0) is 32.9 Å². The fraction of sp³-hybridized carbons (Fsp3) is 0.500. The van der Waals surface area contributed by atoms with Crippen molar-refractivity contribution in [1.29, 1.82) is 0 Å². The van der Waals surface area contributed by atoms with E-state index in [0.717, 1.165) is 13.1 Å². The zero-order valence-electron chi connectivity index (χ0n) is 12.8. The van der Waals surface area contributed by atoms with Gasteiger partial charge in [0.2, 0.25) is 0 Å². The highest BCUT2D eigenvalue weighted by Crippen LogP contribution is 2.17. The monoisotopic (exact) mass is 290 g/mol. The Morgan fingerprint density at radius 2 is 2.19 bits per heavy atom. The summed E-state index contributed by atoms with van der Waals surface area (Å²) in [4.78, 5) is 25.7. The lowest BCUT2D eigenvalue weighted by Gasteiger charge is -2.35. The van der Waals surface area contributed by atoms with Crippen molar-refractivity contribution in [2.24, 2.45) is 0 Å². The molecule has 1 unspecified atom stereocenters. The lowest BCUT2D eigenvalue weighted by Crippen LogP contribution is -2.55. The molecule has 1 aliphatic rings. The second kappa shape index (κ2) is 6.72. The Morgan fingerprint density at radius 3 is 2.86 bits per heavy atom. The largest absolute Gasteiger partial charge is 0.481 e. The number of hydrogen-bond donors (Lipinski definition) is 1. The van der Waals surface area contributed by atoms with Crippen molar-refractivity contribution in [3.05, 3.63) is 29.8 Å². The Bertz CT molecular complexity index is 530. The normalized spacial score (nSPS) is 20.0. The third kappa shape index (κ3) is 3.82. The Morgan fingerprint density at radius 1 is 1.43 bits per heavy atom. The van der Waals surface area contributed by atoms with E-state index in [4.69, 9.17) is 4.74 Å². The van der Waals surface area contributed by atoms with Crippen LogP contribution in [0.15, 0.2) is 24.3 Å². The first-order chi connectivity index (χ1) is 9.99. The molecule has 0 saturated carbocycles. The van der Waals surface area contributed by atoms with E-state index in [1.54, 1.807) is 31.2 Å². The summed E-state index contributed by atoms with van der Waals surface area (Å²) >= 11 is 0.